The average molecular weight is 229 g/mol. The number of anilines is 2. The lowest BCUT2D eigenvalue weighted by Gasteiger charge is -2.21. The molecule has 0 unspecified atom stereocenters. The first-order chi connectivity index (χ1) is 7.15. The maximum Gasteiger partial charge on any atom is 0.0612 e. The Labute approximate surface area is 95.8 Å². The molecule has 4 heteroatoms. The minimum absolute atomic E-state index is 0.706. The van der Waals surface area contributed by atoms with Gasteiger partial charge in [-0.25, -0.2) is 0 Å². The third kappa shape index (κ3) is 3.61. The highest BCUT2D eigenvalue weighted by molar-refractivity contribution is 6.31. The van der Waals surface area contributed by atoms with Gasteiger partial charge in [0.15, 0.2) is 0 Å². The van der Waals surface area contributed by atoms with Crippen molar-refractivity contribution in [3.05, 3.63) is 23.2 Å². The Balaban J connectivity index is 2.64. The summed E-state index contributed by atoms with van der Waals surface area (Å²) in [5.41, 5.74) is 7.58. The molecule has 0 bridgehead atoms. The van der Waals surface area contributed by atoms with Crippen LogP contribution in [0.4, 0.5) is 11.4 Å². The summed E-state index contributed by atoms with van der Waals surface area (Å²) in [6.07, 6.45) is 0.971. The summed E-state index contributed by atoms with van der Waals surface area (Å²) in [4.78, 5) is 2.08. The number of hydrogen-bond acceptors (Lipinski definition) is 3. The molecule has 0 aliphatic rings. The van der Waals surface area contributed by atoms with Gasteiger partial charge in [-0.2, -0.15) is 0 Å². The first kappa shape index (κ1) is 12.1. The standard InChI is InChI=1S/C11H17ClN2O/c1-14(6-3-7-15-2)11-8-9(12)4-5-10(11)13/h4-5,8H,3,6-7,13H2,1-2H3. The van der Waals surface area contributed by atoms with Crippen molar-refractivity contribution in [1.29, 1.82) is 0 Å². The van der Waals surface area contributed by atoms with E-state index < -0.39 is 0 Å². The molecular weight excluding hydrogens is 212 g/mol. The van der Waals surface area contributed by atoms with Gasteiger partial charge >= 0.3 is 0 Å². The summed E-state index contributed by atoms with van der Waals surface area (Å²) in [6.45, 7) is 1.66. The van der Waals surface area contributed by atoms with E-state index in [4.69, 9.17) is 22.1 Å². The highest BCUT2D eigenvalue weighted by atomic mass is 35.5. The van der Waals surface area contributed by atoms with E-state index in [1.54, 1.807) is 13.2 Å². The van der Waals surface area contributed by atoms with Crippen molar-refractivity contribution in [3.8, 4) is 0 Å². The number of rotatable bonds is 5. The molecule has 0 saturated carbocycles. The monoisotopic (exact) mass is 228 g/mol. The summed E-state index contributed by atoms with van der Waals surface area (Å²) in [7, 11) is 3.70. The molecule has 0 saturated heterocycles. The van der Waals surface area contributed by atoms with E-state index in [0.717, 1.165) is 30.9 Å². The minimum atomic E-state index is 0.706. The fourth-order valence-electron chi connectivity index (χ4n) is 1.41. The second-order valence-electron chi connectivity index (χ2n) is 3.47. The molecule has 15 heavy (non-hydrogen) atoms. The molecule has 1 aromatic rings. The number of benzene rings is 1. The summed E-state index contributed by atoms with van der Waals surface area (Å²) < 4.78 is 5.00. The predicted molar refractivity (Wildman–Crippen MR) is 65.6 cm³/mol. The topological polar surface area (TPSA) is 38.5 Å². The molecule has 84 valence electrons. The van der Waals surface area contributed by atoms with E-state index in [-0.39, 0.29) is 0 Å². The lowest BCUT2D eigenvalue weighted by atomic mass is 10.2. The molecule has 1 rings (SSSR count). The highest BCUT2D eigenvalue weighted by Gasteiger charge is 2.05. The maximum absolute atomic E-state index is 5.92. The molecule has 0 spiro atoms. The first-order valence-corrected chi connectivity index (χ1v) is 5.28. The maximum atomic E-state index is 5.92. The van der Waals surface area contributed by atoms with E-state index in [0.29, 0.717) is 5.02 Å². The number of ether oxygens (including phenoxy) is 1. The van der Waals surface area contributed by atoms with Gasteiger partial charge in [-0.15, -0.1) is 0 Å². The zero-order valence-corrected chi connectivity index (χ0v) is 9.92. The van der Waals surface area contributed by atoms with Crippen LogP contribution in [0.1, 0.15) is 6.42 Å². The molecule has 0 aliphatic carbocycles. The SMILES string of the molecule is COCCCN(C)c1cc(Cl)ccc1N. The fraction of sp³-hybridized carbons (Fsp3) is 0.455. The van der Waals surface area contributed by atoms with E-state index in [1.165, 1.54) is 0 Å². The summed E-state index contributed by atoms with van der Waals surface area (Å²) in [5.74, 6) is 0. The number of hydrogen-bond donors (Lipinski definition) is 1. The van der Waals surface area contributed by atoms with Crippen LogP contribution in [0.5, 0.6) is 0 Å². The highest BCUT2D eigenvalue weighted by Crippen LogP contribution is 2.25. The molecule has 0 heterocycles. The van der Waals surface area contributed by atoms with Crippen LogP contribution in [0, 0.1) is 0 Å². The quantitative estimate of drug-likeness (QED) is 0.621. The first-order valence-electron chi connectivity index (χ1n) is 4.90. The Morgan fingerprint density at radius 3 is 2.87 bits per heavy atom. The van der Waals surface area contributed by atoms with E-state index in [9.17, 15) is 0 Å². The van der Waals surface area contributed by atoms with Gasteiger partial charge in [0.1, 0.15) is 0 Å². The normalized spacial score (nSPS) is 10.3. The number of methoxy groups -OCH3 is 1. The van der Waals surface area contributed by atoms with Gasteiger partial charge in [0.05, 0.1) is 11.4 Å². The second kappa shape index (κ2) is 5.83. The van der Waals surface area contributed by atoms with Crippen LogP contribution in [-0.4, -0.2) is 27.3 Å². The lowest BCUT2D eigenvalue weighted by molar-refractivity contribution is 0.196. The molecule has 0 amide bonds. The Morgan fingerprint density at radius 2 is 2.20 bits per heavy atom. The second-order valence-corrected chi connectivity index (χ2v) is 3.91. The molecule has 2 N–H and O–H groups in total. The Kier molecular flexibility index (Phi) is 4.72. The van der Waals surface area contributed by atoms with Crippen LogP contribution < -0.4 is 10.6 Å². The number of nitrogens with zero attached hydrogens (tertiary/aromatic N) is 1. The van der Waals surface area contributed by atoms with Crippen LogP contribution in [0.3, 0.4) is 0 Å². The van der Waals surface area contributed by atoms with Gasteiger partial charge < -0.3 is 15.4 Å². The third-order valence-electron chi connectivity index (χ3n) is 2.25. The summed E-state index contributed by atoms with van der Waals surface area (Å²) >= 11 is 5.92. The largest absolute Gasteiger partial charge is 0.397 e. The van der Waals surface area contributed by atoms with Gasteiger partial charge in [-0.3, -0.25) is 0 Å². The summed E-state index contributed by atoms with van der Waals surface area (Å²) in [6, 6.07) is 5.50. The van der Waals surface area contributed by atoms with E-state index >= 15 is 0 Å². The molecule has 3 nitrogen and oxygen atoms in total. The van der Waals surface area contributed by atoms with Gasteiger partial charge in [-0.05, 0) is 24.6 Å². The zero-order valence-electron chi connectivity index (χ0n) is 9.16. The van der Waals surface area contributed by atoms with Crippen molar-refractivity contribution < 1.29 is 4.74 Å². The Morgan fingerprint density at radius 1 is 1.47 bits per heavy atom. The molecule has 0 aliphatic heterocycles. The molecule has 0 fully saturated rings. The molecule has 0 atom stereocenters. The van der Waals surface area contributed by atoms with Crippen LogP contribution in [0.25, 0.3) is 0 Å². The van der Waals surface area contributed by atoms with E-state index in [2.05, 4.69) is 4.90 Å². The lowest BCUT2D eigenvalue weighted by Crippen LogP contribution is -2.20. The zero-order chi connectivity index (χ0) is 11.3. The van der Waals surface area contributed by atoms with Crippen LogP contribution >= 0.6 is 11.6 Å². The minimum Gasteiger partial charge on any atom is -0.397 e. The molecule has 1 aromatic carbocycles. The van der Waals surface area contributed by atoms with Crippen LogP contribution in [-0.2, 0) is 4.74 Å². The molecule has 0 aromatic heterocycles. The van der Waals surface area contributed by atoms with Crippen molar-refractivity contribution >= 4 is 23.0 Å². The fourth-order valence-corrected chi connectivity index (χ4v) is 1.58. The number of halogens is 1. The molecular formula is C11H17ClN2O. The van der Waals surface area contributed by atoms with Crippen molar-refractivity contribution in [2.75, 3.05) is 37.9 Å². The van der Waals surface area contributed by atoms with Crippen molar-refractivity contribution in [2.24, 2.45) is 0 Å². The van der Waals surface area contributed by atoms with Crippen LogP contribution in [0.2, 0.25) is 5.02 Å². The van der Waals surface area contributed by atoms with Crippen molar-refractivity contribution in [1.82, 2.24) is 0 Å². The average Bonchev–Trinajstić information content (AvgIpc) is 2.22. The summed E-state index contributed by atoms with van der Waals surface area (Å²) in [5, 5.41) is 0.706. The van der Waals surface area contributed by atoms with Crippen molar-refractivity contribution in [2.45, 2.75) is 6.42 Å². The van der Waals surface area contributed by atoms with Gasteiger partial charge in [0.25, 0.3) is 0 Å². The van der Waals surface area contributed by atoms with Gasteiger partial charge in [0.2, 0.25) is 0 Å². The smallest absolute Gasteiger partial charge is 0.0612 e. The Bertz CT molecular complexity index is 317. The number of nitrogens with two attached hydrogens (primary N) is 1. The van der Waals surface area contributed by atoms with Gasteiger partial charge in [0, 0.05) is 32.3 Å². The van der Waals surface area contributed by atoms with Crippen molar-refractivity contribution in [3.63, 3.8) is 0 Å². The van der Waals surface area contributed by atoms with Gasteiger partial charge in [-0.1, -0.05) is 11.6 Å². The molecule has 0 radical (unpaired) electrons. The number of nitrogen functional groups attached to an aromatic ring is 1. The van der Waals surface area contributed by atoms with Crippen LogP contribution in [0.15, 0.2) is 18.2 Å². The Hall–Kier alpha value is -0.930. The third-order valence-corrected chi connectivity index (χ3v) is 2.48. The predicted octanol–water partition coefficient (Wildman–Crippen LogP) is 2.39. The van der Waals surface area contributed by atoms with E-state index in [1.807, 2.05) is 19.2 Å².